The van der Waals surface area contributed by atoms with Gasteiger partial charge in [0.15, 0.2) is 0 Å². The number of aromatic nitrogens is 3. The van der Waals surface area contributed by atoms with Crippen molar-refractivity contribution in [2.45, 2.75) is 31.1 Å². The van der Waals surface area contributed by atoms with E-state index in [1.165, 1.54) is 24.3 Å². The van der Waals surface area contributed by atoms with Crippen molar-refractivity contribution in [1.82, 2.24) is 14.8 Å². The molecule has 5 N–H and O–H groups in total. The molecule has 3 aromatic rings. The molecule has 0 spiro atoms. The van der Waals surface area contributed by atoms with Gasteiger partial charge in [-0.05, 0) is 42.8 Å². The highest BCUT2D eigenvalue weighted by Gasteiger charge is 2.24. The number of nitrogens with two attached hydrogens (primary N) is 2. The molecule has 0 aliphatic heterocycles. The summed E-state index contributed by atoms with van der Waals surface area (Å²) < 4.78 is 53.7. The molecule has 0 radical (unpaired) electrons. The molecule has 3 rings (SSSR count). The zero-order valence-corrected chi connectivity index (χ0v) is 18.3. The number of hydrogen-bond donors (Lipinski definition) is 3. The summed E-state index contributed by atoms with van der Waals surface area (Å²) in [5, 5.41) is 6.53. The molecule has 0 aliphatic carbocycles. The van der Waals surface area contributed by atoms with Crippen LogP contribution in [0.4, 0.5) is 26.4 Å². The predicted octanol–water partition coefficient (Wildman–Crippen LogP) is 1.54. The molecule has 1 aromatic heterocycles. The van der Waals surface area contributed by atoms with E-state index < -0.39 is 45.0 Å². The Morgan fingerprint density at radius 2 is 1.76 bits per heavy atom. The standard InChI is InChI=1S/C20H20F2N6O4S/c1-2-3-7-16(29)27-33(31,32)13-10-8-12(9-11-13)24-20-25-19(23)28(26-20)18(30)17-14(21)5-4-6-15(17)22/h4-6,8-11H,2-3,7H2,1H3,(H,27,29)(H3,23,24,25,26)/p+1. The van der Waals surface area contributed by atoms with Gasteiger partial charge in [0.05, 0.1) is 6.42 Å². The number of amides is 1. The summed E-state index contributed by atoms with van der Waals surface area (Å²) in [5.41, 5.74) is 5.17. The van der Waals surface area contributed by atoms with E-state index in [1.807, 2.05) is 6.92 Å². The lowest BCUT2D eigenvalue weighted by Crippen LogP contribution is -2.90. The van der Waals surface area contributed by atoms with Crippen molar-refractivity contribution in [1.29, 1.82) is 0 Å². The maximum atomic E-state index is 13.9. The molecular formula is C20H21F2N6O4S+. The molecule has 33 heavy (non-hydrogen) atoms. The molecule has 0 saturated carbocycles. The Bertz CT molecular complexity index is 1270. The van der Waals surface area contributed by atoms with Crippen molar-refractivity contribution >= 4 is 39.4 Å². The number of primary sulfonamides is 1. The quantitative estimate of drug-likeness (QED) is 0.440. The third-order valence-corrected chi connectivity index (χ3v) is 6.01. The molecule has 1 heterocycles. The Balaban J connectivity index is 1.75. The first-order valence-corrected chi connectivity index (χ1v) is 11.4. The van der Waals surface area contributed by atoms with Crippen LogP contribution in [0.2, 0.25) is 0 Å². The number of quaternary nitrogens is 1. The van der Waals surface area contributed by atoms with Crippen LogP contribution in [-0.4, -0.2) is 35.0 Å². The van der Waals surface area contributed by atoms with Crippen LogP contribution in [0.15, 0.2) is 47.4 Å². The number of nitrogen functional groups attached to an aromatic ring is 1. The summed E-state index contributed by atoms with van der Waals surface area (Å²) in [6.45, 7) is 1.90. The van der Waals surface area contributed by atoms with Gasteiger partial charge in [-0.25, -0.2) is 13.6 Å². The van der Waals surface area contributed by atoms with Crippen molar-refractivity contribution < 1.29 is 31.5 Å². The van der Waals surface area contributed by atoms with E-state index in [0.29, 0.717) is 21.5 Å². The minimum Gasteiger partial charge on any atom is -0.368 e. The number of carbonyl (C=O) groups excluding carboxylic acids is 2. The first-order valence-electron chi connectivity index (χ1n) is 9.83. The number of unbranched alkanes of at least 4 members (excludes halogenated alkanes) is 1. The number of hydrogen-bond acceptors (Lipinski definition) is 8. The van der Waals surface area contributed by atoms with E-state index in [1.54, 1.807) is 0 Å². The molecule has 13 heteroatoms. The SMILES string of the molecule is CCCCC(=O)[NH2+]S(=O)(=O)c1ccc(Nc2nc(N)n(C(=O)c3c(F)cccc3F)n2)cc1. The van der Waals surface area contributed by atoms with Gasteiger partial charge in [0, 0.05) is 5.69 Å². The number of benzene rings is 2. The largest absolute Gasteiger partial charge is 0.368 e. The third kappa shape index (κ3) is 5.56. The number of anilines is 3. The van der Waals surface area contributed by atoms with E-state index in [-0.39, 0.29) is 17.3 Å². The fourth-order valence-corrected chi connectivity index (χ4v) is 3.96. The van der Waals surface area contributed by atoms with Crippen molar-refractivity contribution in [2.75, 3.05) is 11.1 Å². The zero-order chi connectivity index (χ0) is 24.2. The average Bonchev–Trinajstić information content (AvgIpc) is 3.12. The molecule has 0 saturated heterocycles. The minimum atomic E-state index is -3.91. The fourth-order valence-electron chi connectivity index (χ4n) is 2.84. The summed E-state index contributed by atoms with van der Waals surface area (Å²) >= 11 is 0. The van der Waals surface area contributed by atoms with Gasteiger partial charge in [-0.1, -0.05) is 19.4 Å². The highest BCUT2D eigenvalue weighted by molar-refractivity contribution is 7.85. The van der Waals surface area contributed by atoms with Crippen LogP contribution in [0.25, 0.3) is 0 Å². The van der Waals surface area contributed by atoms with Crippen LogP contribution in [0.5, 0.6) is 0 Å². The topological polar surface area (TPSA) is 154 Å². The van der Waals surface area contributed by atoms with Crippen LogP contribution in [0, 0.1) is 11.6 Å². The van der Waals surface area contributed by atoms with Gasteiger partial charge >= 0.3 is 15.9 Å². The summed E-state index contributed by atoms with van der Waals surface area (Å²) in [6.07, 6.45) is 1.53. The van der Waals surface area contributed by atoms with Gasteiger partial charge in [-0.15, -0.1) is 5.10 Å². The maximum Gasteiger partial charge on any atom is 0.331 e. The third-order valence-electron chi connectivity index (χ3n) is 4.50. The van der Waals surface area contributed by atoms with Gasteiger partial charge < -0.3 is 11.1 Å². The number of halogens is 2. The number of nitrogens with zero attached hydrogens (tertiary/aromatic N) is 3. The van der Waals surface area contributed by atoms with Crippen molar-refractivity contribution in [3.05, 3.63) is 59.7 Å². The maximum absolute atomic E-state index is 13.9. The molecule has 0 bridgehead atoms. The molecule has 174 valence electrons. The molecule has 0 aliphatic rings. The van der Waals surface area contributed by atoms with Gasteiger partial charge in [0.25, 0.3) is 5.91 Å². The van der Waals surface area contributed by atoms with E-state index in [0.717, 1.165) is 24.6 Å². The van der Waals surface area contributed by atoms with E-state index >= 15 is 0 Å². The van der Waals surface area contributed by atoms with Crippen LogP contribution in [0.1, 0.15) is 36.5 Å². The van der Waals surface area contributed by atoms with Gasteiger partial charge in [-0.2, -0.15) is 22.8 Å². The first kappa shape index (κ1) is 23.9. The van der Waals surface area contributed by atoms with E-state index in [2.05, 4.69) is 15.4 Å². The average molecular weight is 479 g/mol. The lowest BCUT2D eigenvalue weighted by molar-refractivity contribution is -0.413. The van der Waals surface area contributed by atoms with Crippen molar-refractivity contribution in [3.8, 4) is 0 Å². The lowest BCUT2D eigenvalue weighted by atomic mass is 10.2. The second kappa shape index (κ2) is 9.83. The van der Waals surface area contributed by atoms with Crippen LogP contribution >= 0.6 is 0 Å². The molecular weight excluding hydrogens is 458 g/mol. The predicted molar refractivity (Wildman–Crippen MR) is 114 cm³/mol. The van der Waals surface area contributed by atoms with E-state index in [4.69, 9.17) is 5.73 Å². The highest BCUT2D eigenvalue weighted by Crippen LogP contribution is 2.19. The Morgan fingerprint density at radius 3 is 2.36 bits per heavy atom. The molecule has 0 fully saturated rings. The van der Waals surface area contributed by atoms with E-state index in [9.17, 15) is 26.8 Å². The number of carbonyl (C=O) groups is 2. The monoisotopic (exact) mass is 479 g/mol. The van der Waals surface area contributed by atoms with Gasteiger partial charge in [0.1, 0.15) is 22.1 Å². The van der Waals surface area contributed by atoms with Crippen LogP contribution in [-0.2, 0) is 14.8 Å². The van der Waals surface area contributed by atoms with Gasteiger partial charge in [0.2, 0.25) is 11.9 Å². The van der Waals surface area contributed by atoms with Gasteiger partial charge in [-0.3, -0.25) is 4.79 Å². The minimum absolute atomic E-state index is 0.0823. The Kier molecular flexibility index (Phi) is 7.13. The Hall–Kier alpha value is -3.71. The Labute approximate surface area is 187 Å². The highest BCUT2D eigenvalue weighted by atomic mass is 32.2. The number of rotatable bonds is 8. The number of sulfonamides is 1. The molecule has 2 aromatic carbocycles. The number of nitrogens with one attached hydrogen (secondary N) is 1. The Morgan fingerprint density at radius 1 is 1.12 bits per heavy atom. The van der Waals surface area contributed by atoms with Crippen LogP contribution < -0.4 is 15.8 Å². The van der Waals surface area contributed by atoms with Crippen molar-refractivity contribution in [2.24, 2.45) is 0 Å². The molecule has 0 unspecified atom stereocenters. The molecule has 0 atom stereocenters. The zero-order valence-electron chi connectivity index (χ0n) is 17.5. The summed E-state index contributed by atoms with van der Waals surface area (Å²) in [5.74, 6) is -4.34. The molecule has 1 amide bonds. The van der Waals surface area contributed by atoms with Crippen LogP contribution in [0.3, 0.4) is 0 Å². The summed E-state index contributed by atoms with van der Waals surface area (Å²) in [6, 6.07) is 8.31. The first-order chi connectivity index (χ1) is 15.6. The smallest absolute Gasteiger partial charge is 0.331 e. The van der Waals surface area contributed by atoms with Crippen molar-refractivity contribution in [3.63, 3.8) is 0 Å². The second-order valence-corrected chi connectivity index (χ2v) is 8.79. The summed E-state index contributed by atoms with van der Waals surface area (Å²) in [4.78, 5) is 28.0. The number of primary amides is 1. The summed E-state index contributed by atoms with van der Waals surface area (Å²) in [7, 11) is -3.91. The second-order valence-electron chi connectivity index (χ2n) is 6.99. The fraction of sp³-hybridized carbons (Fsp3) is 0.200. The normalized spacial score (nSPS) is 11.4. The lowest BCUT2D eigenvalue weighted by Gasteiger charge is -2.05. The molecule has 10 nitrogen and oxygen atoms in total.